The minimum atomic E-state index is -1.12. The first-order chi connectivity index (χ1) is 18.1. The van der Waals surface area contributed by atoms with Crippen molar-refractivity contribution < 1.29 is 32.3 Å². The van der Waals surface area contributed by atoms with Gasteiger partial charge < -0.3 is 15.3 Å². The van der Waals surface area contributed by atoms with Crippen LogP contribution in [0.15, 0.2) is 48.5 Å². The SMILES string of the molecule is C[C@H]1c2ccc(C(=O)NCc3c(F)cc(F)cc3F)cc2N(Cc2c(F)cccc2CCCO)C(=O)N1C. The van der Waals surface area contributed by atoms with Crippen LogP contribution in [0.5, 0.6) is 0 Å². The van der Waals surface area contributed by atoms with E-state index in [2.05, 4.69) is 5.32 Å². The number of halogens is 4. The van der Waals surface area contributed by atoms with Gasteiger partial charge in [0.2, 0.25) is 0 Å². The van der Waals surface area contributed by atoms with Gasteiger partial charge >= 0.3 is 6.03 Å². The van der Waals surface area contributed by atoms with E-state index >= 15 is 0 Å². The van der Waals surface area contributed by atoms with Gasteiger partial charge in [-0.3, -0.25) is 9.69 Å². The van der Waals surface area contributed by atoms with Crippen LogP contribution < -0.4 is 10.2 Å². The van der Waals surface area contributed by atoms with Crippen molar-refractivity contribution in [2.45, 2.75) is 38.9 Å². The Hall–Kier alpha value is -3.92. The smallest absolute Gasteiger partial charge is 0.325 e. The Balaban J connectivity index is 1.65. The predicted octanol–water partition coefficient (Wildman–Crippen LogP) is 5.23. The van der Waals surface area contributed by atoms with Crippen LogP contribution in [0.4, 0.5) is 28.0 Å². The van der Waals surface area contributed by atoms with Crippen LogP contribution >= 0.6 is 0 Å². The molecule has 0 fully saturated rings. The maximum Gasteiger partial charge on any atom is 0.325 e. The summed E-state index contributed by atoms with van der Waals surface area (Å²) in [6.45, 7) is 1.14. The summed E-state index contributed by atoms with van der Waals surface area (Å²) >= 11 is 0. The summed E-state index contributed by atoms with van der Waals surface area (Å²) in [5, 5.41) is 11.6. The van der Waals surface area contributed by atoms with Gasteiger partial charge in [0, 0.05) is 49.0 Å². The highest BCUT2D eigenvalue weighted by atomic mass is 19.1. The minimum absolute atomic E-state index is 0.0636. The molecule has 0 spiro atoms. The molecule has 0 saturated heterocycles. The highest BCUT2D eigenvalue weighted by Crippen LogP contribution is 2.38. The van der Waals surface area contributed by atoms with Crippen LogP contribution in [0.2, 0.25) is 0 Å². The average molecular weight is 530 g/mol. The van der Waals surface area contributed by atoms with Crippen LogP contribution in [-0.2, 0) is 19.5 Å². The molecule has 0 radical (unpaired) electrons. The van der Waals surface area contributed by atoms with Gasteiger partial charge in [-0.1, -0.05) is 18.2 Å². The van der Waals surface area contributed by atoms with E-state index in [1.807, 2.05) is 6.92 Å². The molecule has 1 heterocycles. The summed E-state index contributed by atoms with van der Waals surface area (Å²) < 4.78 is 56.1. The summed E-state index contributed by atoms with van der Waals surface area (Å²) in [6.07, 6.45) is 0.848. The van der Waals surface area contributed by atoms with E-state index in [9.17, 15) is 32.3 Å². The summed E-state index contributed by atoms with van der Waals surface area (Å²) in [5.41, 5.74) is 1.73. The highest BCUT2D eigenvalue weighted by Gasteiger charge is 2.34. The van der Waals surface area contributed by atoms with E-state index < -0.39 is 47.3 Å². The molecule has 0 bridgehead atoms. The van der Waals surface area contributed by atoms with E-state index in [1.165, 1.54) is 28.0 Å². The summed E-state index contributed by atoms with van der Waals surface area (Å²) in [7, 11) is 1.63. The number of amides is 3. The fourth-order valence-corrected chi connectivity index (χ4v) is 4.55. The van der Waals surface area contributed by atoms with Gasteiger partial charge in [-0.2, -0.15) is 0 Å². The number of nitrogens with one attached hydrogen (secondary N) is 1. The van der Waals surface area contributed by atoms with Crippen LogP contribution in [-0.4, -0.2) is 35.6 Å². The quantitative estimate of drug-likeness (QED) is 0.393. The van der Waals surface area contributed by atoms with Crippen LogP contribution in [0.1, 0.15) is 52.0 Å². The molecule has 38 heavy (non-hydrogen) atoms. The first kappa shape index (κ1) is 27.1. The highest BCUT2D eigenvalue weighted by molar-refractivity contribution is 5.99. The zero-order valence-corrected chi connectivity index (χ0v) is 20.9. The Bertz CT molecular complexity index is 1360. The number of fused-ring (bicyclic) bond motifs is 1. The van der Waals surface area contributed by atoms with E-state index in [0.29, 0.717) is 41.8 Å². The number of hydrogen-bond acceptors (Lipinski definition) is 3. The van der Waals surface area contributed by atoms with E-state index in [4.69, 9.17) is 0 Å². The number of hydrogen-bond donors (Lipinski definition) is 2. The number of anilines is 1. The normalized spacial score (nSPS) is 15.0. The Morgan fingerprint density at radius 2 is 1.71 bits per heavy atom. The van der Waals surface area contributed by atoms with Gasteiger partial charge in [0.1, 0.15) is 23.3 Å². The van der Waals surface area contributed by atoms with Gasteiger partial charge in [0.05, 0.1) is 18.3 Å². The topological polar surface area (TPSA) is 72.9 Å². The minimum Gasteiger partial charge on any atom is -0.396 e. The monoisotopic (exact) mass is 529 g/mol. The lowest BCUT2D eigenvalue weighted by atomic mass is 9.97. The Labute approximate surface area is 217 Å². The number of carbonyl (C=O) groups is 2. The van der Waals surface area contributed by atoms with E-state index in [-0.39, 0.29) is 24.8 Å². The molecule has 200 valence electrons. The third-order valence-electron chi connectivity index (χ3n) is 6.81. The number of benzene rings is 3. The molecule has 1 aliphatic heterocycles. The maximum atomic E-state index is 14.9. The van der Waals surface area contributed by atoms with Gasteiger partial charge in [0.25, 0.3) is 5.91 Å². The molecular weight excluding hydrogens is 502 g/mol. The zero-order chi connectivity index (χ0) is 27.6. The van der Waals surface area contributed by atoms with E-state index in [1.54, 1.807) is 25.2 Å². The Morgan fingerprint density at radius 3 is 2.39 bits per heavy atom. The molecule has 0 saturated carbocycles. The third kappa shape index (κ3) is 5.35. The standard InChI is InChI=1S/C28H27F4N3O3/c1-16-20-9-8-18(27(37)33-14-21-24(31)12-19(29)13-25(21)32)11-26(20)35(28(38)34(16)2)15-22-17(6-4-10-36)5-3-7-23(22)30/h3,5,7-9,11-13,16,36H,4,6,10,14-15H2,1-2H3,(H,33,37)/t16-/m0/s1. The van der Waals surface area contributed by atoms with Gasteiger partial charge in [0.15, 0.2) is 0 Å². The number of carbonyl (C=O) groups excluding carboxylic acids is 2. The molecule has 3 amide bonds. The van der Waals surface area contributed by atoms with Crippen molar-refractivity contribution >= 4 is 17.6 Å². The van der Waals surface area contributed by atoms with Crippen molar-refractivity contribution in [3.05, 3.63) is 99.6 Å². The largest absolute Gasteiger partial charge is 0.396 e. The van der Waals surface area contributed by atoms with Crippen LogP contribution in [0.25, 0.3) is 0 Å². The van der Waals surface area contributed by atoms with Gasteiger partial charge in [-0.05, 0) is 49.1 Å². The van der Waals surface area contributed by atoms with Crippen LogP contribution in [0, 0.1) is 23.3 Å². The molecule has 0 aromatic heterocycles. The Morgan fingerprint density at radius 1 is 1.00 bits per heavy atom. The molecule has 1 atom stereocenters. The molecular formula is C28H27F4N3O3. The third-order valence-corrected chi connectivity index (χ3v) is 6.81. The van der Waals surface area contributed by atoms with Gasteiger partial charge in [-0.25, -0.2) is 22.4 Å². The zero-order valence-electron chi connectivity index (χ0n) is 20.9. The molecule has 10 heteroatoms. The maximum absolute atomic E-state index is 14.9. The van der Waals surface area contributed by atoms with Crippen molar-refractivity contribution in [3.8, 4) is 0 Å². The number of nitrogens with zero attached hydrogens (tertiary/aromatic N) is 2. The second kappa shape index (κ2) is 11.2. The van der Waals surface area contributed by atoms with Crippen LogP contribution in [0.3, 0.4) is 0 Å². The van der Waals surface area contributed by atoms with Crippen molar-refractivity contribution in [3.63, 3.8) is 0 Å². The Kier molecular flexibility index (Phi) is 8.01. The second-order valence-electron chi connectivity index (χ2n) is 9.16. The van der Waals surface area contributed by atoms with Crippen molar-refractivity contribution in [1.82, 2.24) is 10.2 Å². The molecule has 0 aliphatic carbocycles. The fraction of sp³-hybridized carbons (Fsp3) is 0.286. The first-order valence-corrected chi connectivity index (χ1v) is 12.1. The predicted molar refractivity (Wildman–Crippen MR) is 133 cm³/mol. The lowest BCUT2D eigenvalue weighted by molar-refractivity contribution is 0.0950. The van der Waals surface area contributed by atoms with Crippen molar-refractivity contribution in [2.24, 2.45) is 0 Å². The molecule has 6 nitrogen and oxygen atoms in total. The number of aryl methyl sites for hydroxylation is 1. The number of aliphatic hydroxyl groups excluding tert-OH is 1. The second-order valence-corrected chi connectivity index (χ2v) is 9.16. The first-order valence-electron chi connectivity index (χ1n) is 12.1. The van der Waals surface area contributed by atoms with Crippen molar-refractivity contribution in [2.75, 3.05) is 18.6 Å². The lowest BCUT2D eigenvalue weighted by Gasteiger charge is -2.40. The molecule has 1 aliphatic rings. The summed E-state index contributed by atoms with van der Waals surface area (Å²) in [4.78, 5) is 29.1. The summed E-state index contributed by atoms with van der Waals surface area (Å²) in [5.74, 6) is -4.46. The summed E-state index contributed by atoms with van der Waals surface area (Å²) in [6, 6.07) is 9.64. The van der Waals surface area contributed by atoms with Crippen molar-refractivity contribution in [1.29, 1.82) is 0 Å². The van der Waals surface area contributed by atoms with Gasteiger partial charge in [-0.15, -0.1) is 0 Å². The number of aliphatic hydroxyl groups is 1. The van der Waals surface area contributed by atoms with E-state index in [0.717, 1.165) is 5.56 Å². The molecule has 4 rings (SSSR count). The number of rotatable bonds is 8. The lowest BCUT2D eigenvalue weighted by Crippen LogP contribution is -2.47. The fourth-order valence-electron chi connectivity index (χ4n) is 4.55. The average Bonchev–Trinajstić information content (AvgIpc) is 2.88. The molecule has 3 aromatic rings. The molecule has 2 N–H and O–H groups in total. The molecule has 3 aromatic carbocycles. The number of urea groups is 1. The molecule has 0 unspecified atom stereocenters.